The molecule has 0 saturated carbocycles. The van der Waals surface area contributed by atoms with E-state index in [0.29, 0.717) is 0 Å². The number of amides is 1. The molecule has 0 spiro atoms. The van der Waals surface area contributed by atoms with Gasteiger partial charge in [0, 0.05) is 19.8 Å². The first-order chi connectivity index (χ1) is 12.6. The number of nitrogens with zero attached hydrogens (tertiary/aromatic N) is 1. The molecular formula is C22H22N2O2. The van der Waals surface area contributed by atoms with E-state index in [1.54, 1.807) is 5.48 Å². The third kappa shape index (κ3) is 3.76. The Morgan fingerprint density at radius 3 is 1.81 bits per heavy atom. The molecule has 3 rings (SSSR count). The molecule has 0 aliphatic rings. The van der Waals surface area contributed by atoms with Gasteiger partial charge in [0.05, 0.1) is 5.92 Å². The molecule has 3 aromatic rings. The van der Waals surface area contributed by atoms with Crippen molar-refractivity contribution in [3.8, 4) is 11.1 Å². The molecule has 0 saturated heterocycles. The molecule has 1 amide bonds. The summed E-state index contributed by atoms with van der Waals surface area (Å²) in [6.45, 7) is 0. The van der Waals surface area contributed by atoms with Gasteiger partial charge in [-0.15, -0.1) is 0 Å². The summed E-state index contributed by atoms with van der Waals surface area (Å²) in [4.78, 5) is 14.3. The van der Waals surface area contributed by atoms with E-state index >= 15 is 0 Å². The number of hydrogen-bond acceptors (Lipinski definition) is 3. The molecule has 0 aliphatic carbocycles. The van der Waals surface area contributed by atoms with Gasteiger partial charge in [0.2, 0.25) is 0 Å². The minimum absolute atomic E-state index is 0.445. The summed E-state index contributed by atoms with van der Waals surface area (Å²) in [6, 6.07) is 25.6. The first kappa shape index (κ1) is 17.7. The lowest BCUT2D eigenvalue weighted by molar-refractivity contribution is -0.129. The van der Waals surface area contributed by atoms with Crippen LogP contribution in [0.3, 0.4) is 0 Å². The van der Waals surface area contributed by atoms with Crippen LogP contribution in [-0.2, 0) is 4.79 Å². The molecular weight excluding hydrogens is 324 g/mol. The van der Waals surface area contributed by atoms with E-state index in [1.807, 2.05) is 68.7 Å². The summed E-state index contributed by atoms with van der Waals surface area (Å²) in [5.74, 6) is -0.995. The van der Waals surface area contributed by atoms with Gasteiger partial charge in [0.15, 0.2) is 0 Å². The Bertz CT molecular complexity index is 857. The number of carbonyl (C=O) groups is 1. The van der Waals surface area contributed by atoms with Crippen molar-refractivity contribution in [2.24, 2.45) is 0 Å². The molecule has 1 unspecified atom stereocenters. The third-order valence-electron chi connectivity index (χ3n) is 4.47. The van der Waals surface area contributed by atoms with Crippen LogP contribution < -0.4 is 10.4 Å². The zero-order valence-electron chi connectivity index (χ0n) is 14.9. The van der Waals surface area contributed by atoms with Gasteiger partial charge in [0.25, 0.3) is 5.91 Å². The molecule has 4 nitrogen and oxygen atoms in total. The fourth-order valence-corrected chi connectivity index (χ4v) is 3.03. The minimum Gasteiger partial charge on any atom is -0.378 e. The lowest BCUT2D eigenvalue weighted by Gasteiger charge is -2.16. The van der Waals surface area contributed by atoms with Crippen LogP contribution >= 0.6 is 0 Å². The predicted octanol–water partition coefficient (Wildman–Crippen LogP) is 4.06. The average molecular weight is 346 g/mol. The SMILES string of the molecule is CN(C)c1ccc(-c2ccc(C(C(=O)NO)c3ccccc3)cc2)cc1. The Morgan fingerprint density at radius 1 is 0.808 bits per heavy atom. The number of carbonyl (C=O) groups excluding carboxylic acids is 1. The van der Waals surface area contributed by atoms with E-state index in [2.05, 4.69) is 29.2 Å². The fraction of sp³-hybridized carbons (Fsp3) is 0.136. The smallest absolute Gasteiger partial charge is 0.255 e. The normalized spacial score (nSPS) is 11.7. The first-order valence-corrected chi connectivity index (χ1v) is 8.47. The summed E-state index contributed by atoms with van der Waals surface area (Å²) >= 11 is 0. The highest BCUT2D eigenvalue weighted by molar-refractivity contribution is 5.86. The van der Waals surface area contributed by atoms with E-state index < -0.39 is 11.8 Å². The molecule has 0 aromatic heterocycles. The summed E-state index contributed by atoms with van der Waals surface area (Å²) in [7, 11) is 4.03. The van der Waals surface area contributed by atoms with E-state index in [1.165, 1.54) is 0 Å². The van der Waals surface area contributed by atoms with E-state index in [-0.39, 0.29) is 0 Å². The van der Waals surface area contributed by atoms with Crippen molar-refractivity contribution in [3.63, 3.8) is 0 Å². The van der Waals surface area contributed by atoms with Crippen LogP contribution in [0.25, 0.3) is 11.1 Å². The number of hydrogen-bond donors (Lipinski definition) is 2. The zero-order valence-corrected chi connectivity index (χ0v) is 14.9. The van der Waals surface area contributed by atoms with Gasteiger partial charge in [-0.2, -0.15) is 0 Å². The van der Waals surface area contributed by atoms with E-state index in [4.69, 9.17) is 5.21 Å². The van der Waals surface area contributed by atoms with Crippen LogP contribution in [0.4, 0.5) is 5.69 Å². The van der Waals surface area contributed by atoms with Crippen LogP contribution in [0.1, 0.15) is 17.0 Å². The summed E-state index contributed by atoms with van der Waals surface area (Å²) in [6.07, 6.45) is 0. The van der Waals surface area contributed by atoms with Crippen LogP contribution in [0, 0.1) is 0 Å². The van der Waals surface area contributed by atoms with Crippen molar-refractivity contribution in [2.75, 3.05) is 19.0 Å². The van der Waals surface area contributed by atoms with Crippen molar-refractivity contribution in [2.45, 2.75) is 5.92 Å². The van der Waals surface area contributed by atoms with Crippen molar-refractivity contribution in [3.05, 3.63) is 90.0 Å². The second-order valence-electron chi connectivity index (χ2n) is 6.38. The molecule has 132 valence electrons. The van der Waals surface area contributed by atoms with Crippen molar-refractivity contribution in [1.29, 1.82) is 0 Å². The molecule has 0 radical (unpaired) electrons. The Hall–Kier alpha value is -3.11. The highest BCUT2D eigenvalue weighted by Crippen LogP contribution is 2.28. The number of benzene rings is 3. The summed E-state index contributed by atoms with van der Waals surface area (Å²) in [5.41, 5.74) is 6.79. The quantitative estimate of drug-likeness (QED) is 0.541. The highest BCUT2D eigenvalue weighted by atomic mass is 16.5. The molecule has 3 aromatic carbocycles. The number of anilines is 1. The van der Waals surface area contributed by atoms with Crippen LogP contribution in [0.5, 0.6) is 0 Å². The van der Waals surface area contributed by atoms with Crippen molar-refractivity contribution in [1.82, 2.24) is 5.48 Å². The second kappa shape index (κ2) is 7.85. The molecule has 26 heavy (non-hydrogen) atoms. The Kier molecular flexibility index (Phi) is 5.34. The molecule has 0 bridgehead atoms. The van der Waals surface area contributed by atoms with Crippen LogP contribution in [-0.4, -0.2) is 25.2 Å². The number of rotatable bonds is 5. The van der Waals surface area contributed by atoms with Gasteiger partial charge in [-0.25, -0.2) is 5.48 Å². The maximum absolute atomic E-state index is 12.2. The van der Waals surface area contributed by atoms with Crippen molar-refractivity contribution >= 4 is 11.6 Å². The van der Waals surface area contributed by atoms with Crippen LogP contribution in [0.2, 0.25) is 0 Å². The first-order valence-electron chi connectivity index (χ1n) is 8.47. The maximum Gasteiger partial charge on any atom is 0.255 e. The Balaban J connectivity index is 1.90. The summed E-state index contributed by atoms with van der Waals surface area (Å²) < 4.78 is 0. The largest absolute Gasteiger partial charge is 0.378 e. The average Bonchev–Trinajstić information content (AvgIpc) is 2.69. The molecule has 0 heterocycles. The monoisotopic (exact) mass is 346 g/mol. The van der Waals surface area contributed by atoms with E-state index in [9.17, 15) is 4.79 Å². The lowest BCUT2D eigenvalue weighted by Crippen LogP contribution is -2.27. The molecule has 4 heteroatoms. The second-order valence-corrected chi connectivity index (χ2v) is 6.38. The Morgan fingerprint density at radius 2 is 1.31 bits per heavy atom. The van der Waals surface area contributed by atoms with Crippen molar-refractivity contribution < 1.29 is 10.0 Å². The fourth-order valence-electron chi connectivity index (χ4n) is 3.03. The van der Waals surface area contributed by atoms with Gasteiger partial charge >= 0.3 is 0 Å². The third-order valence-corrected chi connectivity index (χ3v) is 4.47. The van der Waals surface area contributed by atoms with E-state index in [0.717, 1.165) is 27.9 Å². The van der Waals surface area contributed by atoms with Gasteiger partial charge in [-0.3, -0.25) is 10.0 Å². The zero-order chi connectivity index (χ0) is 18.5. The maximum atomic E-state index is 12.2. The van der Waals surface area contributed by atoms with Gasteiger partial charge in [0.1, 0.15) is 0 Å². The minimum atomic E-state index is -0.550. The number of nitrogens with one attached hydrogen (secondary N) is 1. The van der Waals surface area contributed by atoms with Crippen LogP contribution in [0.15, 0.2) is 78.9 Å². The predicted molar refractivity (Wildman–Crippen MR) is 104 cm³/mol. The molecule has 0 fully saturated rings. The van der Waals surface area contributed by atoms with Gasteiger partial charge < -0.3 is 4.90 Å². The lowest BCUT2D eigenvalue weighted by atomic mass is 9.89. The molecule has 2 N–H and O–H groups in total. The standard InChI is InChI=1S/C22H22N2O2/c1-24(2)20-14-12-17(13-15-20)16-8-10-19(11-9-16)21(22(25)23-26)18-6-4-3-5-7-18/h3-15,21,26H,1-2H3,(H,23,25). The Labute approximate surface area is 153 Å². The van der Waals surface area contributed by atoms with Gasteiger partial charge in [-0.1, -0.05) is 66.7 Å². The molecule has 0 aliphatic heterocycles. The highest BCUT2D eigenvalue weighted by Gasteiger charge is 2.22. The summed E-state index contributed by atoms with van der Waals surface area (Å²) in [5, 5.41) is 9.13. The van der Waals surface area contributed by atoms with Gasteiger partial charge in [-0.05, 0) is 34.4 Å². The topological polar surface area (TPSA) is 52.6 Å². The molecule has 1 atom stereocenters. The number of hydroxylamine groups is 1.